The third-order valence-electron chi connectivity index (χ3n) is 7.23. The predicted molar refractivity (Wildman–Crippen MR) is 157 cm³/mol. The van der Waals surface area contributed by atoms with Crippen LogP contribution in [0, 0.1) is 18.7 Å². The number of H-pyrrole nitrogens is 1. The lowest BCUT2D eigenvalue weighted by Crippen LogP contribution is -2.32. The smallest absolute Gasteiger partial charge is 0.305 e. The van der Waals surface area contributed by atoms with Gasteiger partial charge in [-0.2, -0.15) is 0 Å². The van der Waals surface area contributed by atoms with E-state index in [1.807, 2.05) is 25.1 Å². The number of thiazole rings is 1. The third kappa shape index (κ3) is 4.96. The van der Waals surface area contributed by atoms with E-state index in [9.17, 15) is 23.6 Å². The molecule has 1 fully saturated rings. The molecule has 0 saturated carbocycles. The number of amides is 3. The zero-order chi connectivity index (χ0) is 29.5. The number of carbonyl (C=O) groups excluding carboxylic acids is 3. The number of carbonyl (C=O) groups is 3. The van der Waals surface area contributed by atoms with Crippen molar-refractivity contribution in [1.29, 1.82) is 0 Å². The zero-order valence-electron chi connectivity index (χ0n) is 22.4. The summed E-state index contributed by atoms with van der Waals surface area (Å²) in [5, 5.41) is 2.55. The lowest BCUT2D eigenvalue weighted by molar-refractivity contribution is -0.122. The first-order valence-corrected chi connectivity index (χ1v) is 14.6. The largest absolute Gasteiger partial charge is 0.493 e. The Kier molecular flexibility index (Phi) is 7.33. The Balaban J connectivity index is 1.30. The number of hydrogen-bond donors (Lipinski definition) is 2. The highest BCUT2D eigenvalue weighted by Gasteiger charge is 2.56. The second-order valence-electron chi connectivity index (χ2n) is 9.80. The lowest BCUT2D eigenvalue weighted by atomic mass is 9.83. The maximum Gasteiger partial charge on any atom is 0.305 e. The number of halogens is 1. The van der Waals surface area contributed by atoms with Crippen LogP contribution in [0.5, 0.6) is 11.5 Å². The summed E-state index contributed by atoms with van der Waals surface area (Å²) in [6.07, 6.45) is 0. The number of aromatic amines is 1. The minimum Gasteiger partial charge on any atom is -0.493 e. The van der Waals surface area contributed by atoms with E-state index in [-0.39, 0.29) is 23.1 Å². The van der Waals surface area contributed by atoms with Crippen LogP contribution in [0.1, 0.15) is 21.9 Å². The van der Waals surface area contributed by atoms with Crippen LogP contribution in [0.3, 0.4) is 0 Å². The average Bonchev–Trinajstić information content (AvgIpc) is 3.47. The first kappa shape index (κ1) is 27.7. The fraction of sp³-hybridized carbons (Fsp3) is 0.200. The monoisotopic (exact) mass is 605 g/mol. The molecule has 0 bridgehead atoms. The first-order chi connectivity index (χ1) is 20.2. The van der Waals surface area contributed by atoms with Crippen molar-refractivity contribution in [2.45, 2.75) is 23.1 Å². The van der Waals surface area contributed by atoms with Gasteiger partial charge >= 0.3 is 4.87 Å². The average molecular weight is 606 g/mol. The summed E-state index contributed by atoms with van der Waals surface area (Å²) < 4.78 is 24.9. The predicted octanol–water partition coefficient (Wildman–Crippen LogP) is 4.71. The minimum absolute atomic E-state index is 0.266. The number of thioether (sulfide) groups is 1. The van der Waals surface area contributed by atoms with Crippen LogP contribution < -0.4 is 24.6 Å². The number of benzene rings is 3. The van der Waals surface area contributed by atoms with E-state index in [0.29, 0.717) is 32.7 Å². The number of hydrogen-bond acceptors (Lipinski definition) is 8. The summed E-state index contributed by atoms with van der Waals surface area (Å²) in [5.41, 5.74) is 2.52. The molecule has 3 aromatic carbocycles. The van der Waals surface area contributed by atoms with Crippen molar-refractivity contribution in [2.24, 2.45) is 5.92 Å². The summed E-state index contributed by atoms with van der Waals surface area (Å²) in [6.45, 7) is 1.62. The maximum absolute atomic E-state index is 13.8. The summed E-state index contributed by atoms with van der Waals surface area (Å²) in [4.78, 5) is 56.5. The van der Waals surface area contributed by atoms with Crippen LogP contribution in [-0.2, 0) is 14.4 Å². The SMILES string of the molecule is COc1cc(C2c3sc(=O)[nH]c3SC3C(=O)N(c4ccc(F)cc4)C(=O)C32)ccc1OCC(=O)Nc1ccccc1C. The Morgan fingerprint density at radius 2 is 1.79 bits per heavy atom. The number of aromatic nitrogens is 1. The van der Waals surface area contributed by atoms with Gasteiger partial charge in [0.25, 0.3) is 5.91 Å². The lowest BCUT2D eigenvalue weighted by Gasteiger charge is -2.30. The summed E-state index contributed by atoms with van der Waals surface area (Å²) >= 11 is 2.14. The van der Waals surface area contributed by atoms with Crippen LogP contribution in [0.15, 0.2) is 76.6 Å². The number of nitrogens with zero attached hydrogens (tertiary/aromatic N) is 1. The molecule has 42 heavy (non-hydrogen) atoms. The van der Waals surface area contributed by atoms with Gasteiger partial charge in [-0.15, -0.1) is 0 Å². The highest BCUT2D eigenvalue weighted by molar-refractivity contribution is 8.00. The molecule has 0 spiro atoms. The standard InChI is InChI=1S/C30H24FN3O6S2/c1-15-5-3-4-6-19(15)32-22(35)14-40-20-12-7-16(13-21(20)39-2)23-24-26(41-27-25(23)42-30(38)33-27)29(37)34(28(24)36)18-10-8-17(31)9-11-18/h3-13,23-24,26H,14H2,1-2H3,(H,32,35)(H,33,38). The molecule has 3 unspecified atom stereocenters. The molecule has 2 aliphatic heterocycles. The topological polar surface area (TPSA) is 118 Å². The van der Waals surface area contributed by atoms with Gasteiger partial charge in [0.05, 0.1) is 23.7 Å². The molecule has 3 atom stereocenters. The molecule has 3 heterocycles. The minimum atomic E-state index is -0.817. The van der Waals surface area contributed by atoms with Crippen molar-refractivity contribution < 1.29 is 28.2 Å². The van der Waals surface area contributed by atoms with Crippen LogP contribution in [0.4, 0.5) is 15.8 Å². The molecule has 0 radical (unpaired) electrons. The quantitative estimate of drug-likeness (QED) is 0.293. The molecule has 214 valence electrons. The number of anilines is 2. The Bertz CT molecular complexity index is 1770. The fourth-order valence-corrected chi connectivity index (χ4v) is 7.78. The van der Waals surface area contributed by atoms with Crippen molar-refractivity contribution in [3.8, 4) is 11.5 Å². The van der Waals surface area contributed by atoms with E-state index in [4.69, 9.17) is 9.47 Å². The van der Waals surface area contributed by atoms with Gasteiger partial charge in [0.15, 0.2) is 18.1 Å². The molecule has 1 saturated heterocycles. The van der Waals surface area contributed by atoms with E-state index in [1.54, 1.807) is 24.3 Å². The Labute approximate surface area is 247 Å². The van der Waals surface area contributed by atoms with E-state index >= 15 is 0 Å². The van der Waals surface area contributed by atoms with E-state index in [2.05, 4.69) is 10.3 Å². The molecule has 0 aliphatic carbocycles. The number of aryl methyl sites for hydroxylation is 1. The van der Waals surface area contributed by atoms with Crippen LogP contribution in [-0.4, -0.2) is 41.7 Å². The van der Waals surface area contributed by atoms with Gasteiger partial charge in [0.1, 0.15) is 11.1 Å². The van der Waals surface area contributed by atoms with Crippen molar-refractivity contribution >= 4 is 52.2 Å². The summed E-state index contributed by atoms with van der Waals surface area (Å²) in [5.74, 6) is -2.52. The normalized spacial score (nSPS) is 19.3. The van der Waals surface area contributed by atoms with Crippen LogP contribution in [0.25, 0.3) is 0 Å². The van der Waals surface area contributed by atoms with Crippen molar-refractivity contribution in [1.82, 2.24) is 4.98 Å². The van der Waals surface area contributed by atoms with Gasteiger partial charge < -0.3 is 19.8 Å². The van der Waals surface area contributed by atoms with Gasteiger partial charge in [0, 0.05) is 16.5 Å². The van der Waals surface area contributed by atoms with E-state index in [0.717, 1.165) is 33.6 Å². The number of imide groups is 1. The Hall–Kier alpha value is -4.42. The number of methoxy groups -OCH3 is 1. The maximum atomic E-state index is 13.8. The second-order valence-corrected chi connectivity index (χ2v) is 12.0. The number of nitrogens with one attached hydrogen (secondary N) is 2. The molecular formula is C30H24FN3O6S2. The number of fused-ring (bicyclic) bond motifs is 2. The summed E-state index contributed by atoms with van der Waals surface area (Å²) in [6, 6.07) is 17.6. The molecule has 6 rings (SSSR count). The molecule has 2 aliphatic rings. The molecule has 2 N–H and O–H groups in total. The molecule has 3 amide bonds. The van der Waals surface area contributed by atoms with E-state index in [1.165, 1.54) is 31.4 Å². The number of ether oxygens (including phenoxy) is 2. The fourth-order valence-electron chi connectivity index (χ4n) is 5.26. The van der Waals surface area contributed by atoms with Gasteiger partial charge in [-0.25, -0.2) is 9.29 Å². The highest BCUT2D eigenvalue weighted by atomic mass is 32.2. The van der Waals surface area contributed by atoms with Crippen molar-refractivity contribution in [3.05, 3.63) is 98.2 Å². The molecule has 1 aromatic heterocycles. The highest BCUT2D eigenvalue weighted by Crippen LogP contribution is 2.53. The van der Waals surface area contributed by atoms with Gasteiger partial charge in [-0.1, -0.05) is 47.4 Å². The Morgan fingerprint density at radius 3 is 2.52 bits per heavy atom. The van der Waals surface area contributed by atoms with Crippen molar-refractivity contribution in [2.75, 3.05) is 23.9 Å². The summed E-state index contributed by atoms with van der Waals surface area (Å²) in [7, 11) is 1.46. The number of para-hydroxylation sites is 1. The third-order valence-corrected chi connectivity index (χ3v) is 9.63. The first-order valence-electron chi connectivity index (χ1n) is 12.9. The van der Waals surface area contributed by atoms with Gasteiger partial charge in [-0.3, -0.25) is 19.2 Å². The van der Waals surface area contributed by atoms with Crippen LogP contribution >= 0.6 is 23.1 Å². The molecule has 4 aromatic rings. The zero-order valence-corrected chi connectivity index (χ0v) is 24.0. The molecule has 9 nitrogen and oxygen atoms in total. The van der Waals surface area contributed by atoms with E-state index < -0.39 is 34.7 Å². The number of rotatable bonds is 7. The van der Waals surface area contributed by atoms with Gasteiger partial charge in [-0.05, 0) is 60.5 Å². The second kappa shape index (κ2) is 11.1. The Morgan fingerprint density at radius 1 is 1.02 bits per heavy atom. The molecule has 12 heteroatoms. The van der Waals surface area contributed by atoms with Crippen molar-refractivity contribution in [3.63, 3.8) is 0 Å². The van der Waals surface area contributed by atoms with Crippen LogP contribution in [0.2, 0.25) is 0 Å². The van der Waals surface area contributed by atoms with Gasteiger partial charge in [0.2, 0.25) is 11.8 Å². The molecular weight excluding hydrogens is 581 g/mol.